The first-order valence-electron chi connectivity index (χ1n) is 7.61. The van der Waals surface area contributed by atoms with Crippen molar-refractivity contribution >= 4 is 22.8 Å². The van der Waals surface area contributed by atoms with Crippen LogP contribution >= 0.6 is 0 Å². The van der Waals surface area contributed by atoms with Gasteiger partial charge in [-0.25, -0.2) is 9.97 Å². The summed E-state index contributed by atoms with van der Waals surface area (Å²) in [6, 6.07) is 5.77. The van der Waals surface area contributed by atoms with Gasteiger partial charge in [0.2, 0.25) is 0 Å². The van der Waals surface area contributed by atoms with E-state index >= 15 is 0 Å². The van der Waals surface area contributed by atoms with E-state index in [1.54, 1.807) is 0 Å². The van der Waals surface area contributed by atoms with E-state index in [0.717, 1.165) is 35.4 Å². The molecule has 0 spiro atoms. The molecule has 0 aliphatic heterocycles. The van der Waals surface area contributed by atoms with Gasteiger partial charge in [-0.1, -0.05) is 26.2 Å². The minimum atomic E-state index is -0.0502. The largest absolute Gasteiger partial charge is 0.494 e. The fourth-order valence-corrected chi connectivity index (χ4v) is 2.22. The number of nitrogens with zero attached hydrogens (tertiary/aromatic N) is 3. The summed E-state index contributed by atoms with van der Waals surface area (Å²) in [4.78, 5) is 12.5. The Morgan fingerprint density at radius 3 is 2.73 bits per heavy atom. The van der Waals surface area contributed by atoms with E-state index in [2.05, 4.69) is 21.9 Å². The van der Waals surface area contributed by atoms with Crippen molar-refractivity contribution in [3.8, 4) is 5.75 Å². The lowest BCUT2D eigenvalue weighted by atomic mass is 10.2. The lowest BCUT2D eigenvalue weighted by molar-refractivity contribution is 0.305. The van der Waals surface area contributed by atoms with Crippen LogP contribution in [0, 0.1) is 6.92 Å². The molecule has 6 heteroatoms. The monoisotopic (exact) mass is 301 g/mol. The Kier molecular flexibility index (Phi) is 5.52. The first-order valence-corrected chi connectivity index (χ1v) is 7.61. The number of nitrogens with two attached hydrogens (primary N) is 2. The number of fused-ring (bicyclic) bond motifs is 1. The average molecular weight is 301 g/mol. The van der Waals surface area contributed by atoms with Gasteiger partial charge in [0.05, 0.1) is 17.8 Å². The number of guanidine groups is 1. The maximum absolute atomic E-state index is 5.79. The highest BCUT2D eigenvalue weighted by molar-refractivity contribution is 5.84. The molecule has 0 unspecified atom stereocenters. The van der Waals surface area contributed by atoms with E-state index in [-0.39, 0.29) is 11.9 Å². The highest BCUT2D eigenvalue weighted by atomic mass is 16.5. The molecule has 0 bridgehead atoms. The first-order chi connectivity index (χ1) is 10.6. The minimum Gasteiger partial charge on any atom is -0.494 e. The van der Waals surface area contributed by atoms with Gasteiger partial charge < -0.3 is 16.2 Å². The Labute approximate surface area is 130 Å². The summed E-state index contributed by atoms with van der Waals surface area (Å²) in [5.41, 5.74) is 12.3. The van der Waals surface area contributed by atoms with Crippen LogP contribution in [0.25, 0.3) is 10.9 Å². The topological polar surface area (TPSA) is 99.4 Å². The lowest BCUT2D eigenvalue weighted by Gasteiger charge is -2.08. The third kappa shape index (κ3) is 4.31. The Balaban J connectivity index is 2.13. The molecule has 118 valence electrons. The molecule has 4 N–H and O–H groups in total. The molecule has 0 aliphatic carbocycles. The Hall–Kier alpha value is -2.37. The van der Waals surface area contributed by atoms with Crippen molar-refractivity contribution in [3.05, 3.63) is 23.9 Å². The number of ether oxygens (including phenoxy) is 1. The third-order valence-corrected chi connectivity index (χ3v) is 3.34. The number of aliphatic imine (C=N–C) groups is 1. The number of rotatable bonds is 7. The molecular weight excluding hydrogens is 278 g/mol. The van der Waals surface area contributed by atoms with Crippen LogP contribution in [-0.4, -0.2) is 22.5 Å². The van der Waals surface area contributed by atoms with Crippen LogP contribution in [0.1, 0.15) is 38.3 Å². The second-order valence-corrected chi connectivity index (χ2v) is 5.23. The fraction of sp³-hybridized carbons (Fsp3) is 0.438. The molecule has 22 heavy (non-hydrogen) atoms. The van der Waals surface area contributed by atoms with Gasteiger partial charge >= 0.3 is 0 Å². The van der Waals surface area contributed by atoms with Gasteiger partial charge in [0.25, 0.3) is 5.95 Å². The quantitative estimate of drug-likeness (QED) is 0.465. The van der Waals surface area contributed by atoms with E-state index in [1.807, 2.05) is 25.1 Å². The molecule has 1 aromatic carbocycles. The number of benzene rings is 1. The van der Waals surface area contributed by atoms with E-state index in [4.69, 9.17) is 16.2 Å². The number of unbranched alkanes of at least 4 members (excludes halogenated alkanes) is 3. The zero-order chi connectivity index (χ0) is 15.9. The van der Waals surface area contributed by atoms with Crippen molar-refractivity contribution in [2.75, 3.05) is 6.61 Å². The van der Waals surface area contributed by atoms with Gasteiger partial charge in [-0.15, -0.1) is 0 Å². The molecule has 2 rings (SSSR count). The molecule has 2 aromatic rings. The maximum atomic E-state index is 5.79. The Morgan fingerprint density at radius 1 is 1.18 bits per heavy atom. The molecular formula is C16H23N5O. The maximum Gasteiger partial charge on any atom is 0.253 e. The standard InChI is InChI=1S/C16H23N5O/c1-3-4-5-6-9-22-12-7-8-14-13(10-12)11(2)19-16(20-14)21-15(17)18/h7-8,10H,3-6,9H2,1-2H3,(H4,17,18,19,20,21). The summed E-state index contributed by atoms with van der Waals surface area (Å²) in [5, 5.41) is 0.945. The van der Waals surface area contributed by atoms with Crippen LogP contribution in [0.3, 0.4) is 0 Å². The molecule has 0 saturated heterocycles. The lowest BCUT2D eigenvalue weighted by Crippen LogP contribution is -2.22. The summed E-state index contributed by atoms with van der Waals surface area (Å²) in [5.74, 6) is 1.06. The predicted octanol–water partition coefficient (Wildman–Crippen LogP) is 2.80. The average Bonchev–Trinajstić information content (AvgIpc) is 2.47. The zero-order valence-electron chi connectivity index (χ0n) is 13.2. The highest BCUT2D eigenvalue weighted by Gasteiger charge is 2.06. The molecule has 0 atom stereocenters. The van der Waals surface area contributed by atoms with Crippen molar-refractivity contribution in [2.24, 2.45) is 16.5 Å². The third-order valence-electron chi connectivity index (χ3n) is 3.34. The molecule has 1 heterocycles. The second kappa shape index (κ2) is 7.59. The highest BCUT2D eigenvalue weighted by Crippen LogP contribution is 2.23. The van der Waals surface area contributed by atoms with E-state index < -0.39 is 0 Å². The summed E-state index contributed by atoms with van der Waals surface area (Å²) < 4.78 is 5.79. The van der Waals surface area contributed by atoms with Crippen LogP contribution in [0.15, 0.2) is 23.2 Å². The van der Waals surface area contributed by atoms with Crippen LogP contribution in [0.2, 0.25) is 0 Å². The van der Waals surface area contributed by atoms with Gasteiger partial charge in [-0.05, 0) is 31.5 Å². The van der Waals surface area contributed by atoms with E-state index in [9.17, 15) is 0 Å². The number of aryl methyl sites for hydroxylation is 1. The van der Waals surface area contributed by atoms with Gasteiger partial charge in [-0.2, -0.15) is 4.99 Å². The predicted molar refractivity (Wildman–Crippen MR) is 89.4 cm³/mol. The van der Waals surface area contributed by atoms with Gasteiger partial charge in [0, 0.05) is 5.39 Å². The Bertz CT molecular complexity index is 665. The van der Waals surface area contributed by atoms with E-state index in [1.165, 1.54) is 19.3 Å². The van der Waals surface area contributed by atoms with Gasteiger partial charge in [0.1, 0.15) is 5.75 Å². The summed E-state index contributed by atoms with van der Waals surface area (Å²) in [6.45, 7) is 4.84. The van der Waals surface area contributed by atoms with Crippen molar-refractivity contribution in [3.63, 3.8) is 0 Å². The minimum absolute atomic E-state index is 0.0502. The molecule has 0 amide bonds. The zero-order valence-corrected chi connectivity index (χ0v) is 13.2. The van der Waals surface area contributed by atoms with Crippen molar-refractivity contribution in [1.29, 1.82) is 0 Å². The van der Waals surface area contributed by atoms with Crippen molar-refractivity contribution in [1.82, 2.24) is 9.97 Å². The number of hydrogen-bond donors (Lipinski definition) is 2. The normalized spacial score (nSPS) is 10.6. The van der Waals surface area contributed by atoms with Crippen molar-refractivity contribution in [2.45, 2.75) is 39.5 Å². The first kappa shape index (κ1) is 16.0. The van der Waals surface area contributed by atoms with Crippen LogP contribution in [0.5, 0.6) is 5.75 Å². The van der Waals surface area contributed by atoms with Crippen molar-refractivity contribution < 1.29 is 4.74 Å². The number of hydrogen-bond acceptors (Lipinski definition) is 4. The molecule has 0 saturated carbocycles. The van der Waals surface area contributed by atoms with E-state index in [0.29, 0.717) is 0 Å². The fourth-order valence-electron chi connectivity index (χ4n) is 2.22. The Morgan fingerprint density at radius 2 is 2.00 bits per heavy atom. The molecule has 0 fully saturated rings. The molecule has 0 aliphatic rings. The SMILES string of the molecule is CCCCCCOc1ccc2nc(N=C(N)N)nc(C)c2c1. The van der Waals surface area contributed by atoms with Gasteiger partial charge in [0.15, 0.2) is 5.96 Å². The second-order valence-electron chi connectivity index (χ2n) is 5.23. The van der Waals surface area contributed by atoms with Crippen LogP contribution < -0.4 is 16.2 Å². The molecule has 6 nitrogen and oxygen atoms in total. The van der Waals surface area contributed by atoms with Crippen LogP contribution in [-0.2, 0) is 0 Å². The van der Waals surface area contributed by atoms with Gasteiger partial charge in [-0.3, -0.25) is 0 Å². The summed E-state index contributed by atoms with van der Waals surface area (Å²) >= 11 is 0. The smallest absolute Gasteiger partial charge is 0.253 e. The number of aromatic nitrogens is 2. The molecule has 1 aromatic heterocycles. The molecule has 0 radical (unpaired) electrons. The summed E-state index contributed by atoms with van der Waals surface area (Å²) in [6.07, 6.45) is 4.76. The van der Waals surface area contributed by atoms with Crippen LogP contribution in [0.4, 0.5) is 5.95 Å². The summed E-state index contributed by atoms with van der Waals surface area (Å²) in [7, 11) is 0.